The summed E-state index contributed by atoms with van der Waals surface area (Å²) in [5.74, 6) is -1.38. The number of nitrogens with one attached hydrogen (secondary N) is 2. The second-order valence-electron chi connectivity index (χ2n) is 4.60. The molecule has 1 rings (SSSR count). The van der Waals surface area contributed by atoms with Crippen LogP contribution in [0.2, 0.25) is 0 Å². The van der Waals surface area contributed by atoms with Gasteiger partial charge in [0, 0.05) is 6.54 Å². The number of rotatable bonds is 5. The Bertz CT molecular complexity index is 401. The molecular formula is C13H18F2N2O. The maximum atomic E-state index is 13.4. The molecule has 0 fully saturated rings. The first-order chi connectivity index (χ1) is 8.41. The lowest BCUT2D eigenvalue weighted by Crippen LogP contribution is -2.39. The van der Waals surface area contributed by atoms with Crippen LogP contribution in [-0.4, -0.2) is 18.5 Å². The Morgan fingerprint density at radius 1 is 1.22 bits per heavy atom. The van der Waals surface area contributed by atoms with Crippen LogP contribution in [0.4, 0.5) is 14.5 Å². The molecule has 0 aliphatic carbocycles. The summed E-state index contributed by atoms with van der Waals surface area (Å²) in [6.07, 6.45) is 0. The predicted molar refractivity (Wildman–Crippen MR) is 67.3 cm³/mol. The molecule has 5 heteroatoms. The van der Waals surface area contributed by atoms with Gasteiger partial charge in [0.25, 0.3) is 0 Å². The van der Waals surface area contributed by atoms with Crippen LogP contribution in [0.25, 0.3) is 0 Å². The van der Waals surface area contributed by atoms with E-state index in [4.69, 9.17) is 0 Å². The summed E-state index contributed by atoms with van der Waals surface area (Å²) < 4.78 is 26.7. The van der Waals surface area contributed by atoms with E-state index in [1.54, 1.807) is 6.92 Å². The van der Waals surface area contributed by atoms with Gasteiger partial charge in [0.05, 0.1) is 0 Å². The van der Waals surface area contributed by atoms with Gasteiger partial charge in [-0.2, -0.15) is 0 Å². The van der Waals surface area contributed by atoms with Crippen molar-refractivity contribution in [1.29, 1.82) is 0 Å². The molecule has 2 N–H and O–H groups in total. The van der Waals surface area contributed by atoms with E-state index >= 15 is 0 Å². The molecule has 0 aliphatic heterocycles. The highest BCUT2D eigenvalue weighted by molar-refractivity contribution is 5.84. The van der Waals surface area contributed by atoms with Gasteiger partial charge in [-0.3, -0.25) is 4.79 Å². The van der Waals surface area contributed by atoms with Crippen molar-refractivity contribution in [3.05, 3.63) is 29.8 Å². The smallest absolute Gasteiger partial charge is 0.242 e. The summed E-state index contributed by atoms with van der Waals surface area (Å²) in [4.78, 5) is 11.7. The normalized spacial score (nSPS) is 12.3. The molecule has 0 heterocycles. The number of anilines is 1. The lowest BCUT2D eigenvalue weighted by Gasteiger charge is -2.17. The topological polar surface area (TPSA) is 41.1 Å². The minimum atomic E-state index is -0.710. The van der Waals surface area contributed by atoms with Crippen molar-refractivity contribution in [1.82, 2.24) is 5.32 Å². The molecular weight excluding hydrogens is 238 g/mol. The summed E-state index contributed by atoms with van der Waals surface area (Å²) in [7, 11) is 0. The van der Waals surface area contributed by atoms with Gasteiger partial charge >= 0.3 is 0 Å². The van der Waals surface area contributed by atoms with Crippen LogP contribution in [0.3, 0.4) is 0 Å². The second kappa shape index (κ2) is 6.33. The van der Waals surface area contributed by atoms with Gasteiger partial charge in [-0.15, -0.1) is 0 Å². The summed E-state index contributed by atoms with van der Waals surface area (Å²) in [6.45, 7) is 6.02. The number of amides is 1. The predicted octanol–water partition coefficient (Wildman–Crippen LogP) is 2.54. The van der Waals surface area contributed by atoms with Gasteiger partial charge in [-0.25, -0.2) is 8.78 Å². The maximum absolute atomic E-state index is 13.4. The third kappa shape index (κ3) is 3.98. The third-order valence-corrected chi connectivity index (χ3v) is 2.40. The second-order valence-corrected chi connectivity index (χ2v) is 4.60. The molecule has 1 aromatic carbocycles. The van der Waals surface area contributed by atoms with Crippen LogP contribution < -0.4 is 10.6 Å². The van der Waals surface area contributed by atoms with Gasteiger partial charge in [-0.05, 0) is 25.0 Å². The number of carbonyl (C=O) groups is 1. The zero-order valence-corrected chi connectivity index (χ0v) is 10.8. The standard InChI is InChI=1S/C13H18F2N2O/c1-8(2)7-16-13(18)9(3)17-12-10(14)5-4-6-11(12)15/h4-6,8-9,17H,7H2,1-3H3,(H,16,18). The number of carbonyl (C=O) groups excluding carboxylic acids is 1. The molecule has 0 bridgehead atoms. The first-order valence-corrected chi connectivity index (χ1v) is 5.90. The molecule has 0 saturated carbocycles. The van der Waals surface area contributed by atoms with Crippen molar-refractivity contribution in [3.63, 3.8) is 0 Å². The van der Waals surface area contributed by atoms with Crippen molar-refractivity contribution >= 4 is 11.6 Å². The molecule has 100 valence electrons. The number of hydrogen-bond donors (Lipinski definition) is 2. The molecule has 0 radical (unpaired) electrons. The van der Waals surface area contributed by atoms with Crippen molar-refractivity contribution in [2.24, 2.45) is 5.92 Å². The third-order valence-electron chi connectivity index (χ3n) is 2.40. The van der Waals surface area contributed by atoms with E-state index in [0.717, 1.165) is 12.1 Å². The highest BCUT2D eigenvalue weighted by Crippen LogP contribution is 2.18. The fourth-order valence-corrected chi connectivity index (χ4v) is 1.38. The van der Waals surface area contributed by atoms with E-state index < -0.39 is 17.7 Å². The largest absolute Gasteiger partial charge is 0.369 e. The SMILES string of the molecule is CC(C)CNC(=O)C(C)Nc1c(F)cccc1F. The highest BCUT2D eigenvalue weighted by atomic mass is 19.1. The molecule has 0 aromatic heterocycles. The monoisotopic (exact) mass is 256 g/mol. The number of benzene rings is 1. The van der Waals surface area contributed by atoms with Crippen molar-refractivity contribution in [2.45, 2.75) is 26.8 Å². The van der Waals surface area contributed by atoms with Crippen LogP contribution >= 0.6 is 0 Å². The van der Waals surface area contributed by atoms with Crippen LogP contribution in [0.15, 0.2) is 18.2 Å². The molecule has 0 spiro atoms. The number of hydrogen-bond acceptors (Lipinski definition) is 2. The highest BCUT2D eigenvalue weighted by Gasteiger charge is 2.16. The summed E-state index contributed by atoms with van der Waals surface area (Å²) in [6, 6.07) is 2.86. The van der Waals surface area contributed by atoms with E-state index in [2.05, 4.69) is 10.6 Å². The van der Waals surface area contributed by atoms with Gasteiger partial charge < -0.3 is 10.6 Å². The molecule has 3 nitrogen and oxygen atoms in total. The fraction of sp³-hybridized carbons (Fsp3) is 0.462. The van der Waals surface area contributed by atoms with E-state index in [0.29, 0.717) is 12.5 Å². The molecule has 1 aromatic rings. The Morgan fingerprint density at radius 2 is 1.78 bits per heavy atom. The molecule has 0 aliphatic rings. The maximum Gasteiger partial charge on any atom is 0.242 e. The number of halogens is 2. The van der Waals surface area contributed by atoms with Crippen LogP contribution in [0, 0.1) is 17.6 Å². The average molecular weight is 256 g/mol. The lowest BCUT2D eigenvalue weighted by molar-refractivity contribution is -0.121. The van der Waals surface area contributed by atoms with E-state index in [-0.39, 0.29) is 11.6 Å². The van der Waals surface area contributed by atoms with Crippen LogP contribution in [0.5, 0.6) is 0 Å². The Kier molecular flexibility index (Phi) is 5.07. The molecule has 1 amide bonds. The number of para-hydroxylation sites is 1. The van der Waals surface area contributed by atoms with Gasteiger partial charge in [0.15, 0.2) is 0 Å². The van der Waals surface area contributed by atoms with E-state index in [1.807, 2.05) is 13.8 Å². The summed E-state index contributed by atoms with van der Waals surface area (Å²) in [5, 5.41) is 5.23. The summed E-state index contributed by atoms with van der Waals surface area (Å²) in [5.41, 5.74) is -0.273. The van der Waals surface area contributed by atoms with Crippen molar-refractivity contribution in [2.75, 3.05) is 11.9 Å². The van der Waals surface area contributed by atoms with Crippen molar-refractivity contribution in [3.8, 4) is 0 Å². The van der Waals surface area contributed by atoms with Crippen molar-refractivity contribution < 1.29 is 13.6 Å². The van der Waals surface area contributed by atoms with E-state index in [9.17, 15) is 13.6 Å². The van der Waals surface area contributed by atoms with Crippen LogP contribution in [0.1, 0.15) is 20.8 Å². The molecule has 18 heavy (non-hydrogen) atoms. The molecule has 0 saturated heterocycles. The minimum Gasteiger partial charge on any atom is -0.369 e. The quantitative estimate of drug-likeness (QED) is 0.850. The van der Waals surface area contributed by atoms with Gasteiger partial charge in [0.1, 0.15) is 23.4 Å². The zero-order valence-electron chi connectivity index (χ0n) is 10.8. The average Bonchev–Trinajstić information content (AvgIpc) is 2.30. The minimum absolute atomic E-state index is 0.273. The Hall–Kier alpha value is -1.65. The van der Waals surface area contributed by atoms with Gasteiger partial charge in [0.2, 0.25) is 5.91 Å². The zero-order chi connectivity index (χ0) is 13.7. The van der Waals surface area contributed by atoms with Crippen LogP contribution in [-0.2, 0) is 4.79 Å². The molecule has 1 unspecified atom stereocenters. The fourth-order valence-electron chi connectivity index (χ4n) is 1.38. The Labute approximate surface area is 106 Å². The van der Waals surface area contributed by atoms with E-state index in [1.165, 1.54) is 6.07 Å². The Morgan fingerprint density at radius 3 is 2.28 bits per heavy atom. The summed E-state index contributed by atoms with van der Waals surface area (Å²) >= 11 is 0. The first kappa shape index (κ1) is 14.4. The van der Waals surface area contributed by atoms with Gasteiger partial charge in [-0.1, -0.05) is 19.9 Å². The first-order valence-electron chi connectivity index (χ1n) is 5.90. The lowest BCUT2D eigenvalue weighted by atomic mass is 10.2. The molecule has 1 atom stereocenters. The Balaban J connectivity index is 2.64.